The van der Waals surface area contributed by atoms with E-state index in [0.29, 0.717) is 0 Å². The summed E-state index contributed by atoms with van der Waals surface area (Å²) in [5.41, 5.74) is 0.828. The summed E-state index contributed by atoms with van der Waals surface area (Å²) in [5.74, 6) is -0.650. The number of carbonyl (C=O) groups is 1. The zero-order valence-corrected chi connectivity index (χ0v) is 10.3. The molecule has 1 aliphatic heterocycles. The lowest BCUT2D eigenvalue weighted by Gasteiger charge is -2.36. The molecule has 1 aromatic rings. The first-order valence-corrected chi connectivity index (χ1v) is 6.51. The van der Waals surface area contributed by atoms with Crippen molar-refractivity contribution in [1.29, 1.82) is 0 Å². The Morgan fingerprint density at radius 2 is 2.25 bits per heavy atom. The predicted octanol–water partition coefficient (Wildman–Crippen LogP) is 2.43. The molecule has 1 N–H and O–H groups in total. The van der Waals surface area contributed by atoms with Crippen molar-refractivity contribution in [2.45, 2.75) is 26.3 Å². The Hall–Kier alpha value is -0.870. The van der Waals surface area contributed by atoms with Crippen LogP contribution >= 0.6 is 11.3 Å². The van der Waals surface area contributed by atoms with Gasteiger partial charge >= 0.3 is 5.97 Å². The fourth-order valence-electron chi connectivity index (χ4n) is 2.06. The van der Waals surface area contributed by atoms with Crippen molar-refractivity contribution in [1.82, 2.24) is 4.90 Å². The number of hydrogen-bond acceptors (Lipinski definition) is 3. The smallest absolute Gasteiger partial charge is 0.309 e. The van der Waals surface area contributed by atoms with Crippen LogP contribution in [0.4, 0.5) is 0 Å². The topological polar surface area (TPSA) is 40.5 Å². The molecule has 1 aromatic heterocycles. The second-order valence-corrected chi connectivity index (χ2v) is 5.55. The number of piperidine rings is 1. The molecule has 0 spiro atoms. The van der Waals surface area contributed by atoms with E-state index in [4.69, 9.17) is 5.11 Å². The number of nitrogens with zero attached hydrogens (tertiary/aromatic N) is 1. The maximum absolute atomic E-state index is 11.1. The molecule has 0 aliphatic carbocycles. The Balaban J connectivity index is 1.88. The van der Waals surface area contributed by atoms with Crippen LogP contribution in [-0.4, -0.2) is 29.1 Å². The summed E-state index contributed by atoms with van der Waals surface area (Å²) in [4.78, 5) is 13.4. The highest BCUT2D eigenvalue weighted by molar-refractivity contribution is 7.07. The summed E-state index contributed by atoms with van der Waals surface area (Å²) in [6.07, 6.45) is 1.51. The Bertz CT molecular complexity index is 353. The third-order valence-electron chi connectivity index (χ3n) is 3.46. The lowest BCUT2D eigenvalue weighted by Crippen LogP contribution is -2.42. The van der Waals surface area contributed by atoms with Crippen LogP contribution in [0.3, 0.4) is 0 Å². The molecule has 4 heteroatoms. The molecular weight excluding hydrogens is 222 g/mol. The summed E-state index contributed by atoms with van der Waals surface area (Å²) in [6.45, 7) is 4.59. The fraction of sp³-hybridized carbons (Fsp3) is 0.583. The van der Waals surface area contributed by atoms with E-state index in [1.165, 1.54) is 5.56 Å². The zero-order chi connectivity index (χ0) is 11.6. The summed E-state index contributed by atoms with van der Waals surface area (Å²) < 4.78 is 0. The van der Waals surface area contributed by atoms with Gasteiger partial charge in [-0.3, -0.25) is 9.69 Å². The molecule has 88 valence electrons. The van der Waals surface area contributed by atoms with E-state index in [-0.39, 0.29) is 0 Å². The second-order valence-electron chi connectivity index (χ2n) is 4.77. The molecule has 1 aliphatic rings. The van der Waals surface area contributed by atoms with Gasteiger partial charge in [0.25, 0.3) is 0 Å². The number of aliphatic carboxylic acids is 1. The molecule has 0 saturated carbocycles. The van der Waals surface area contributed by atoms with E-state index in [0.717, 1.165) is 32.5 Å². The van der Waals surface area contributed by atoms with E-state index in [9.17, 15) is 4.79 Å². The van der Waals surface area contributed by atoms with Crippen molar-refractivity contribution in [2.24, 2.45) is 5.41 Å². The van der Waals surface area contributed by atoms with E-state index in [1.807, 2.05) is 6.92 Å². The van der Waals surface area contributed by atoms with Gasteiger partial charge in [-0.1, -0.05) is 0 Å². The van der Waals surface area contributed by atoms with Gasteiger partial charge in [0.1, 0.15) is 0 Å². The summed E-state index contributed by atoms with van der Waals surface area (Å²) in [6, 6.07) is 2.13. The van der Waals surface area contributed by atoms with Gasteiger partial charge in [0, 0.05) is 6.54 Å². The molecule has 16 heavy (non-hydrogen) atoms. The molecule has 0 unspecified atom stereocenters. The molecule has 3 nitrogen and oxygen atoms in total. The van der Waals surface area contributed by atoms with Crippen LogP contribution < -0.4 is 0 Å². The number of rotatable bonds is 3. The quantitative estimate of drug-likeness (QED) is 0.880. The van der Waals surface area contributed by atoms with Gasteiger partial charge in [0.05, 0.1) is 5.41 Å². The van der Waals surface area contributed by atoms with Crippen LogP contribution in [0, 0.1) is 5.41 Å². The molecule has 0 atom stereocenters. The minimum absolute atomic E-state index is 0.509. The predicted molar refractivity (Wildman–Crippen MR) is 64.6 cm³/mol. The number of carboxylic acid groups (broad SMARTS) is 1. The second kappa shape index (κ2) is 4.55. The molecular formula is C12H17NO2S. The summed E-state index contributed by atoms with van der Waals surface area (Å²) in [7, 11) is 0. The van der Waals surface area contributed by atoms with E-state index in [2.05, 4.69) is 21.7 Å². The molecule has 1 fully saturated rings. The molecule has 0 radical (unpaired) electrons. The fourth-order valence-corrected chi connectivity index (χ4v) is 2.72. The lowest BCUT2D eigenvalue weighted by atomic mass is 9.80. The van der Waals surface area contributed by atoms with Crippen LogP contribution in [0.1, 0.15) is 25.3 Å². The molecule has 2 rings (SSSR count). The standard InChI is InChI=1S/C12H17NO2S/c1-12(11(14)15)3-5-13(6-4-12)8-10-2-7-16-9-10/h2,7,9H,3-6,8H2,1H3,(H,14,15). The average Bonchev–Trinajstić information content (AvgIpc) is 2.74. The van der Waals surface area contributed by atoms with E-state index >= 15 is 0 Å². The molecule has 0 aromatic carbocycles. The van der Waals surface area contributed by atoms with Gasteiger partial charge in [-0.25, -0.2) is 0 Å². The summed E-state index contributed by atoms with van der Waals surface area (Å²) >= 11 is 1.71. The average molecular weight is 239 g/mol. The van der Waals surface area contributed by atoms with Gasteiger partial charge in [-0.2, -0.15) is 11.3 Å². The molecule has 0 bridgehead atoms. The van der Waals surface area contributed by atoms with Crippen LogP contribution in [-0.2, 0) is 11.3 Å². The van der Waals surface area contributed by atoms with Gasteiger partial charge in [0.15, 0.2) is 0 Å². The molecule has 1 saturated heterocycles. The van der Waals surface area contributed by atoms with Crippen molar-refractivity contribution in [3.63, 3.8) is 0 Å². The van der Waals surface area contributed by atoms with Gasteiger partial charge in [-0.15, -0.1) is 0 Å². The van der Waals surface area contributed by atoms with Gasteiger partial charge in [-0.05, 0) is 55.2 Å². The first-order chi connectivity index (χ1) is 7.60. The normalized spacial score (nSPS) is 20.8. The van der Waals surface area contributed by atoms with Crippen LogP contribution in [0.2, 0.25) is 0 Å². The molecule has 2 heterocycles. The van der Waals surface area contributed by atoms with E-state index < -0.39 is 11.4 Å². The van der Waals surface area contributed by atoms with Crippen molar-refractivity contribution in [2.75, 3.05) is 13.1 Å². The maximum atomic E-state index is 11.1. The van der Waals surface area contributed by atoms with Crippen LogP contribution in [0.25, 0.3) is 0 Å². The monoisotopic (exact) mass is 239 g/mol. The number of carboxylic acids is 1. The van der Waals surface area contributed by atoms with Gasteiger partial charge in [0.2, 0.25) is 0 Å². The third kappa shape index (κ3) is 2.44. The highest BCUT2D eigenvalue weighted by Crippen LogP contribution is 2.31. The number of likely N-dealkylation sites (tertiary alicyclic amines) is 1. The largest absolute Gasteiger partial charge is 0.481 e. The van der Waals surface area contributed by atoms with Crippen molar-refractivity contribution >= 4 is 17.3 Å². The van der Waals surface area contributed by atoms with Gasteiger partial charge < -0.3 is 5.11 Å². The lowest BCUT2D eigenvalue weighted by molar-refractivity contribution is -0.150. The SMILES string of the molecule is CC1(C(=O)O)CCN(Cc2ccsc2)CC1. The first-order valence-electron chi connectivity index (χ1n) is 5.57. The number of hydrogen-bond donors (Lipinski definition) is 1. The minimum atomic E-state index is -0.650. The highest BCUT2D eigenvalue weighted by atomic mass is 32.1. The van der Waals surface area contributed by atoms with Crippen LogP contribution in [0.5, 0.6) is 0 Å². The van der Waals surface area contributed by atoms with Crippen molar-refractivity contribution in [3.05, 3.63) is 22.4 Å². The zero-order valence-electron chi connectivity index (χ0n) is 9.48. The first kappa shape index (κ1) is 11.6. The van der Waals surface area contributed by atoms with Crippen molar-refractivity contribution in [3.8, 4) is 0 Å². The minimum Gasteiger partial charge on any atom is -0.481 e. The molecule has 0 amide bonds. The Morgan fingerprint density at radius 3 is 2.75 bits per heavy atom. The van der Waals surface area contributed by atoms with E-state index in [1.54, 1.807) is 11.3 Å². The van der Waals surface area contributed by atoms with Crippen LogP contribution in [0.15, 0.2) is 16.8 Å². The Morgan fingerprint density at radius 1 is 1.56 bits per heavy atom. The Labute approximate surface area is 99.7 Å². The van der Waals surface area contributed by atoms with Crippen molar-refractivity contribution < 1.29 is 9.90 Å². The Kier molecular flexibility index (Phi) is 3.30. The third-order valence-corrected chi connectivity index (χ3v) is 4.19. The summed E-state index contributed by atoms with van der Waals surface area (Å²) in [5, 5.41) is 13.4. The highest BCUT2D eigenvalue weighted by Gasteiger charge is 2.36. The maximum Gasteiger partial charge on any atom is 0.309 e. The number of thiophene rings is 1.